The molecule has 5 rings (SSSR count). The lowest BCUT2D eigenvalue weighted by Gasteiger charge is -2.57. The van der Waals surface area contributed by atoms with E-state index in [9.17, 15) is 39.6 Å². The van der Waals surface area contributed by atoms with Crippen LogP contribution in [0.25, 0.3) is 5.76 Å². The first-order chi connectivity index (χ1) is 18.0. The number of ether oxygens (including phenoxy) is 1. The van der Waals surface area contributed by atoms with Gasteiger partial charge in [0.05, 0.1) is 23.4 Å². The lowest BCUT2D eigenvalue weighted by atomic mass is 9.51. The van der Waals surface area contributed by atoms with Crippen molar-refractivity contribution in [1.82, 2.24) is 4.90 Å². The Hall–Kier alpha value is -3.70. The van der Waals surface area contributed by atoms with Crippen molar-refractivity contribution in [1.29, 1.82) is 0 Å². The molecule has 1 aromatic carbocycles. The van der Waals surface area contributed by atoms with Crippen molar-refractivity contribution < 1.29 is 44.3 Å². The van der Waals surface area contributed by atoms with Crippen LogP contribution in [-0.4, -0.2) is 80.6 Å². The summed E-state index contributed by atoms with van der Waals surface area (Å²) < 4.78 is 5.78. The summed E-state index contributed by atoms with van der Waals surface area (Å²) in [5.74, 6) is -10.4. The van der Waals surface area contributed by atoms with Gasteiger partial charge in [-0.05, 0) is 25.1 Å². The SMILES string of the molecule is CC1C(=O)O[C@H]2[C@H]3C(=C(O)c4c(ccc(C(C)(C)C)c4O)[C@H]13)C(=O)[C@]1(O)C(O)=C(C(N)=O)C(=O)[C@@H](N(C)C)[C@H]21. The van der Waals surface area contributed by atoms with Gasteiger partial charge in [0.2, 0.25) is 5.78 Å². The van der Waals surface area contributed by atoms with E-state index in [-0.39, 0.29) is 16.9 Å². The molecule has 11 nitrogen and oxygen atoms in total. The molecule has 0 bridgehead atoms. The average molecular weight is 541 g/mol. The fraction of sp³-hybridized carbons (Fsp3) is 0.500. The van der Waals surface area contributed by atoms with Gasteiger partial charge in [-0.3, -0.25) is 24.1 Å². The normalized spacial score (nSPS) is 34.0. The number of phenols is 1. The quantitative estimate of drug-likeness (QED) is 0.267. The molecule has 0 spiro atoms. The summed E-state index contributed by atoms with van der Waals surface area (Å²) in [4.78, 5) is 54.5. The number of aliphatic hydroxyl groups is 3. The molecule has 0 aromatic heterocycles. The standard InChI is InChI=1S/C28H32N2O9/c1-9-12-10-7-8-11(27(2,3)4)19(31)13(10)20(32)15-14(12)22(39-26(9)37)17-18(30(5)6)21(33)16(25(29)36)24(35)28(17,38)23(15)34/h7-9,12,14,17-18,22,31-32,35,38H,1-6H3,(H2,29,36)/t9?,12-,14+,17+,18-,22-,28-/m0/s1. The number of ketones is 2. The molecule has 1 saturated carbocycles. The first-order valence-corrected chi connectivity index (χ1v) is 12.7. The second-order valence-corrected chi connectivity index (χ2v) is 12.2. The minimum absolute atomic E-state index is 0.0518. The van der Waals surface area contributed by atoms with Crippen LogP contribution in [0, 0.1) is 17.8 Å². The number of phenolic OH excluding ortho intramolecular Hbond substituents is 1. The summed E-state index contributed by atoms with van der Waals surface area (Å²) in [6, 6.07) is 2.02. The molecule has 1 amide bonds. The van der Waals surface area contributed by atoms with Crippen molar-refractivity contribution >= 4 is 29.2 Å². The summed E-state index contributed by atoms with van der Waals surface area (Å²) in [5, 5.41) is 46.0. The molecular formula is C28H32N2O9. The van der Waals surface area contributed by atoms with Gasteiger partial charge in [-0.15, -0.1) is 0 Å². The van der Waals surface area contributed by atoms with Crippen molar-refractivity contribution in [2.75, 3.05) is 14.1 Å². The fourth-order valence-corrected chi connectivity index (χ4v) is 7.05. The lowest BCUT2D eigenvalue weighted by Crippen LogP contribution is -2.72. The van der Waals surface area contributed by atoms with Gasteiger partial charge in [0.1, 0.15) is 28.9 Å². The van der Waals surface area contributed by atoms with E-state index in [4.69, 9.17) is 10.5 Å². The maximum absolute atomic E-state index is 14.2. The van der Waals surface area contributed by atoms with Gasteiger partial charge >= 0.3 is 5.97 Å². The van der Waals surface area contributed by atoms with Crippen LogP contribution in [-0.2, 0) is 29.3 Å². The zero-order valence-corrected chi connectivity index (χ0v) is 22.5. The first kappa shape index (κ1) is 26.9. The van der Waals surface area contributed by atoms with E-state index in [2.05, 4.69) is 0 Å². The maximum atomic E-state index is 14.2. The van der Waals surface area contributed by atoms with Gasteiger partial charge in [0.15, 0.2) is 11.4 Å². The smallest absolute Gasteiger partial charge is 0.309 e. The molecule has 3 aliphatic carbocycles. The van der Waals surface area contributed by atoms with Gasteiger partial charge in [-0.25, -0.2) is 0 Å². The lowest BCUT2D eigenvalue weighted by molar-refractivity contribution is -0.198. The van der Waals surface area contributed by atoms with Crippen LogP contribution in [0.2, 0.25) is 0 Å². The number of Topliss-reactive ketones (excluding diaryl/α,β-unsaturated/α-hetero) is 2. The Balaban J connectivity index is 1.89. The second kappa shape index (κ2) is 8.15. The van der Waals surface area contributed by atoms with Gasteiger partial charge in [-0.1, -0.05) is 39.8 Å². The third-order valence-corrected chi connectivity index (χ3v) is 8.79. The van der Waals surface area contributed by atoms with Crippen molar-refractivity contribution in [3.8, 4) is 5.75 Å². The maximum Gasteiger partial charge on any atom is 0.309 e. The fourth-order valence-electron chi connectivity index (χ4n) is 7.05. The number of benzene rings is 1. The molecule has 1 saturated heterocycles. The number of aromatic hydroxyl groups is 1. The summed E-state index contributed by atoms with van der Waals surface area (Å²) in [6.07, 6.45) is -1.36. The molecule has 2 fully saturated rings. The number of primary amides is 1. The number of fused-ring (bicyclic) bond motifs is 4. The third-order valence-electron chi connectivity index (χ3n) is 8.79. The summed E-state index contributed by atoms with van der Waals surface area (Å²) in [7, 11) is 2.95. The predicted octanol–water partition coefficient (Wildman–Crippen LogP) is 0.974. The molecule has 208 valence electrons. The van der Waals surface area contributed by atoms with Gasteiger partial charge in [0.25, 0.3) is 5.91 Å². The molecule has 39 heavy (non-hydrogen) atoms. The second-order valence-electron chi connectivity index (χ2n) is 12.2. The van der Waals surface area contributed by atoms with Crippen LogP contribution in [0.3, 0.4) is 0 Å². The number of carbonyl (C=O) groups excluding carboxylic acids is 4. The van der Waals surface area contributed by atoms with Crippen LogP contribution < -0.4 is 5.73 Å². The molecular weight excluding hydrogens is 508 g/mol. The zero-order valence-electron chi connectivity index (χ0n) is 22.5. The molecule has 6 N–H and O–H groups in total. The molecule has 11 heteroatoms. The summed E-state index contributed by atoms with van der Waals surface area (Å²) >= 11 is 0. The van der Waals surface area contributed by atoms with E-state index in [1.807, 2.05) is 20.8 Å². The number of rotatable bonds is 2. The molecule has 7 atom stereocenters. The van der Waals surface area contributed by atoms with Gasteiger partial charge in [0, 0.05) is 23.0 Å². The number of hydrogen-bond donors (Lipinski definition) is 5. The molecule has 4 aliphatic rings. The van der Waals surface area contributed by atoms with Crippen LogP contribution >= 0.6 is 0 Å². The van der Waals surface area contributed by atoms with Crippen LogP contribution in [0.15, 0.2) is 29.0 Å². The molecule has 0 radical (unpaired) electrons. The van der Waals surface area contributed by atoms with Crippen molar-refractivity contribution in [2.24, 2.45) is 23.5 Å². The van der Waals surface area contributed by atoms with E-state index in [0.717, 1.165) is 0 Å². The first-order valence-electron chi connectivity index (χ1n) is 12.7. The number of hydrogen-bond acceptors (Lipinski definition) is 10. The Kier molecular flexibility index (Phi) is 5.62. The number of esters is 1. The van der Waals surface area contributed by atoms with Crippen LogP contribution in [0.5, 0.6) is 5.75 Å². The van der Waals surface area contributed by atoms with Crippen molar-refractivity contribution in [2.45, 2.75) is 56.8 Å². The van der Waals surface area contributed by atoms with E-state index >= 15 is 0 Å². The number of nitrogens with zero attached hydrogens (tertiary/aromatic N) is 1. The van der Waals surface area contributed by atoms with Crippen molar-refractivity contribution in [3.63, 3.8) is 0 Å². The summed E-state index contributed by atoms with van der Waals surface area (Å²) in [6.45, 7) is 7.17. The Labute approximate surface area is 224 Å². The highest BCUT2D eigenvalue weighted by molar-refractivity contribution is 6.24. The van der Waals surface area contributed by atoms with E-state index in [1.54, 1.807) is 19.1 Å². The predicted molar refractivity (Wildman–Crippen MR) is 136 cm³/mol. The number of nitrogens with two attached hydrogens (primary N) is 1. The largest absolute Gasteiger partial charge is 0.508 e. The minimum atomic E-state index is -2.93. The topological polar surface area (TPSA) is 188 Å². The molecule has 1 unspecified atom stereocenters. The average Bonchev–Trinajstić information content (AvgIpc) is 2.81. The Bertz CT molecular complexity index is 1430. The van der Waals surface area contributed by atoms with Gasteiger partial charge < -0.3 is 30.9 Å². The highest BCUT2D eigenvalue weighted by Gasteiger charge is 2.71. The number of carbonyl (C=O) groups is 4. The highest BCUT2D eigenvalue weighted by Crippen LogP contribution is 2.60. The molecule has 1 heterocycles. The summed E-state index contributed by atoms with van der Waals surface area (Å²) in [5.41, 5.74) is 1.43. The Morgan fingerprint density at radius 1 is 1.08 bits per heavy atom. The number of likely N-dealkylation sites (N-methyl/N-ethyl adjacent to an activating group) is 1. The van der Waals surface area contributed by atoms with E-state index in [1.165, 1.54) is 19.0 Å². The Morgan fingerprint density at radius 2 is 1.69 bits per heavy atom. The van der Waals surface area contributed by atoms with E-state index in [0.29, 0.717) is 11.1 Å². The van der Waals surface area contributed by atoms with Crippen LogP contribution in [0.4, 0.5) is 0 Å². The minimum Gasteiger partial charge on any atom is -0.508 e. The highest BCUT2D eigenvalue weighted by atomic mass is 16.5. The monoisotopic (exact) mass is 540 g/mol. The van der Waals surface area contributed by atoms with Crippen molar-refractivity contribution in [3.05, 3.63) is 45.7 Å². The van der Waals surface area contributed by atoms with Gasteiger partial charge in [-0.2, -0.15) is 0 Å². The number of aliphatic hydroxyl groups excluding tert-OH is 2. The zero-order chi connectivity index (χ0) is 29.1. The Morgan fingerprint density at radius 3 is 2.23 bits per heavy atom. The molecule has 1 aromatic rings. The van der Waals surface area contributed by atoms with Crippen LogP contribution in [0.1, 0.15) is 50.3 Å². The third kappa shape index (κ3) is 3.23. The van der Waals surface area contributed by atoms with E-state index < -0.39 is 87.4 Å². The molecule has 1 aliphatic heterocycles. The number of amides is 1.